The molecule has 2 amide bonds. The van der Waals surface area contributed by atoms with Crippen molar-refractivity contribution in [3.05, 3.63) is 65.0 Å². The summed E-state index contributed by atoms with van der Waals surface area (Å²) >= 11 is 1.14. The average molecular weight is 396 g/mol. The molecule has 0 unspecified atom stereocenters. The van der Waals surface area contributed by atoms with Crippen LogP contribution in [0.25, 0.3) is 5.69 Å². The zero-order chi connectivity index (χ0) is 19.9. The molecule has 7 nitrogen and oxygen atoms in total. The van der Waals surface area contributed by atoms with Crippen molar-refractivity contribution in [1.82, 2.24) is 9.17 Å². The van der Waals surface area contributed by atoms with E-state index in [9.17, 15) is 9.59 Å². The Morgan fingerprint density at radius 1 is 1.14 bits per heavy atom. The Labute approximate surface area is 166 Å². The van der Waals surface area contributed by atoms with Crippen LogP contribution in [-0.2, 0) is 4.79 Å². The van der Waals surface area contributed by atoms with Gasteiger partial charge in [0.15, 0.2) is 10.4 Å². The molecule has 0 aliphatic rings. The lowest BCUT2D eigenvalue weighted by Crippen LogP contribution is -2.20. The van der Waals surface area contributed by atoms with Crippen molar-refractivity contribution in [2.45, 2.75) is 19.8 Å². The number of hydrogen-bond acceptors (Lipinski definition) is 5. The Hall–Kier alpha value is -3.26. The van der Waals surface area contributed by atoms with Crippen LogP contribution in [0.1, 0.15) is 30.3 Å². The maximum absolute atomic E-state index is 12.7. The van der Waals surface area contributed by atoms with Crippen LogP contribution in [0.4, 0.5) is 5.69 Å². The summed E-state index contributed by atoms with van der Waals surface area (Å²) in [5, 5.41) is 7.17. The molecule has 0 saturated heterocycles. The maximum Gasteiger partial charge on any atom is 0.279 e. The molecule has 0 atom stereocenters. The molecular formula is C20H20N4O3S. The quantitative estimate of drug-likeness (QED) is 0.692. The van der Waals surface area contributed by atoms with Crippen LogP contribution in [0, 0.1) is 0 Å². The van der Waals surface area contributed by atoms with Gasteiger partial charge in [-0.1, -0.05) is 25.1 Å². The monoisotopic (exact) mass is 396 g/mol. The van der Waals surface area contributed by atoms with E-state index in [0.717, 1.165) is 17.2 Å². The van der Waals surface area contributed by atoms with Crippen LogP contribution in [0.2, 0.25) is 0 Å². The number of ether oxygens (including phenoxy) is 1. The third kappa shape index (κ3) is 4.72. The molecule has 0 saturated carbocycles. The Kier molecular flexibility index (Phi) is 6.33. The summed E-state index contributed by atoms with van der Waals surface area (Å²) in [5.74, 6) is 0.0190. The average Bonchev–Trinajstić information content (AvgIpc) is 3.13. The fourth-order valence-corrected chi connectivity index (χ4v) is 3.29. The standard InChI is InChI=1S/C20H20N4O3S/c1-3-7-17(25)22-20-18(19(26)21-14-8-5-4-6-9-14)23-24(28-20)15-10-12-16(27-2)13-11-15/h4-6,8-13H,3,7H2,1-2H3,(H,21,26). The van der Waals surface area contributed by atoms with Crippen molar-refractivity contribution in [2.75, 3.05) is 12.4 Å². The third-order valence-electron chi connectivity index (χ3n) is 3.80. The molecule has 0 radical (unpaired) electrons. The Bertz CT molecular complexity index is 1020. The highest BCUT2D eigenvalue weighted by molar-refractivity contribution is 7.04. The molecule has 2 aromatic carbocycles. The molecule has 0 spiro atoms. The number of nitrogens with one attached hydrogen (secondary N) is 1. The number of anilines is 1. The molecule has 3 aromatic rings. The van der Waals surface area contributed by atoms with Gasteiger partial charge in [0.25, 0.3) is 5.91 Å². The molecule has 1 N–H and O–H groups in total. The van der Waals surface area contributed by atoms with Gasteiger partial charge in [-0.15, -0.1) is 5.10 Å². The Morgan fingerprint density at radius 2 is 1.86 bits per heavy atom. The van der Waals surface area contributed by atoms with Gasteiger partial charge in [-0.05, 0) is 54.4 Å². The lowest BCUT2D eigenvalue weighted by Gasteiger charge is -2.03. The number of rotatable bonds is 6. The number of amides is 2. The van der Waals surface area contributed by atoms with Gasteiger partial charge in [0.05, 0.1) is 12.8 Å². The van der Waals surface area contributed by atoms with E-state index < -0.39 is 5.91 Å². The van der Waals surface area contributed by atoms with Crippen molar-refractivity contribution in [2.24, 2.45) is 4.99 Å². The zero-order valence-corrected chi connectivity index (χ0v) is 16.4. The van der Waals surface area contributed by atoms with Crippen LogP contribution >= 0.6 is 11.5 Å². The van der Waals surface area contributed by atoms with E-state index >= 15 is 0 Å². The summed E-state index contributed by atoms with van der Waals surface area (Å²) in [5.41, 5.74) is 1.49. The Morgan fingerprint density at radius 3 is 2.50 bits per heavy atom. The first kappa shape index (κ1) is 19.5. The van der Waals surface area contributed by atoms with Gasteiger partial charge in [-0.25, -0.2) is 0 Å². The summed E-state index contributed by atoms with van der Waals surface area (Å²) < 4.78 is 7.01. The predicted octanol–water partition coefficient (Wildman–Crippen LogP) is 3.42. The minimum absolute atomic E-state index is 0.106. The molecule has 0 fully saturated rings. The third-order valence-corrected chi connectivity index (χ3v) is 4.72. The molecule has 3 rings (SSSR count). The fraction of sp³-hybridized carbons (Fsp3) is 0.200. The van der Waals surface area contributed by atoms with Gasteiger partial charge in [-0.3, -0.25) is 9.59 Å². The predicted molar refractivity (Wildman–Crippen MR) is 108 cm³/mol. The molecule has 0 bridgehead atoms. The molecular weight excluding hydrogens is 376 g/mol. The van der Waals surface area contributed by atoms with Crippen molar-refractivity contribution in [1.29, 1.82) is 0 Å². The van der Waals surface area contributed by atoms with Crippen LogP contribution in [0.15, 0.2) is 59.6 Å². The van der Waals surface area contributed by atoms with Crippen molar-refractivity contribution in [3.63, 3.8) is 0 Å². The topological polar surface area (TPSA) is 85.6 Å². The Balaban J connectivity index is 1.99. The van der Waals surface area contributed by atoms with Crippen LogP contribution in [-0.4, -0.2) is 28.1 Å². The van der Waals surface area contributed by atoms with Crippen molar-refractivity contribution >= 4 is 29.0 Å². The number of nitrogens with zero attached hydrogens (tertiary/aromatic N) is 3. The highest BCUT2D eigenvalue weighted by Gasteiger charge is 2.17. The summed E-state index contributed by atoms with van der Waals surface area (Å²) in [6.07, 6.45) is 1.01. The van der Waals surface area contributed by atoms with Crippen molar-refractivity contribution in [3.8, 4) is 11.4 Å². The molecule has 1 aromatic heterocycles. The van der Waals surface area contributed by atoms with Gasteiger partial charge in [0, 0.05) is 12.1 Å². The van der Waals surface area contributed by atoms with Gasteiger partial charge < -0.3 is 10.1 Å². The van der Waals surface area contributed by atoms with E-state index in [0.29, 0.717) is 24.3 Å². The first-order valence-corrected chi connectivity index (χ1v) is 9.57. The van der Waals surface area contributed by atoms with Gasteiger partial charge in [0.1, 0.15) is 5.75 Å². The van der Waals surface area contributed by atoms with Gasteiger partial charge >= 0.3 is 0 Å². The first-order chi connectivity index (χ1) is 13.6. The smallest absolute Gasteiger partial charge is 0.279 e. The number of carbonyl (C=O) groups excluding carboxylic acids is 2. The normalized spacial score (nSPS) is 11.3. The van der Waals surface area contributed by atoms with Crippen molar-refractivity contribution < 1.29 is 14.3 Å². The molecule has 1 heterocycles. The largest absolute Gasteiger partial charge is 0.497 e. The highest BCUT2D eigenvalue weighted by Crippen LogP contribution is 2.16. The lowest BCUT2D eigenvalue weighted by molar-refractivity contribution is -0.118. The number of para-hydroxylation sites is 1. The van der Waals surface area contributed by atoms with E-state index in [2.05, 4.69) is 15.4 Å². The SMILES string of the molecule is CCCC(=O)N=c1sn(-c2ccc(OC)cc2)nc1C(=O)Nc1ccccc1. The second-order valence-electron chi connectivity index (χ2n) is 5.89. The minimum atomic E-state index is -0.419. The summed E-state index contributed by atoms with van der Waals surface area (Å²) in [7, 11) is 1.59. The molecule has 8 heteroatoms. The number of carbonyl (C=O) groups is 2. The molecule has 0 aliphatic carbocycles. The second kappa shape index (κ2) is 9.09. The second-order valence-corrected chi connectivity index (χ2v) is 6.81. The molecule has 144 valence electrons. The fourth-order valence-electron chi connectivity index (χ4n) is 2.41. The van der Waals surface area contributed by atoms with E-state index in [1.807, 2.05) is 37.3 Å². The summed E-state index contributed by atoms with van der Waals surface area (Å²) in [6.45, 7) is 1.90. The van der Waals surface area contributed by atoms with Crippen LogP contribution < -0.4 is 14.7 Å². The van der Waals surface area contributed by atoms with E-state index in [-0.39, 0.29) is 16.3 Å². The number of benzene rings is 2. The number of methoxy groups -OCH3 is 1. The summed E-state index contributed by atoms with van der Waals surface area (Å²) in [6, 6.07) is 16.3. The maximum atomic E-state index is 12.7. The van der Waals surface area contributed by atoms with E-state index in [1.54, 1.807) is 35.4 Å². The zero-order valence-electron chi connectivity index (χ0n) is 15.6. The lowest BCUT2D eigenvalue weighted by atomic mass is 10.3. The van der Waals surface area contributed by atoms with Crippen LogP contribution in [0.3, 0.4) is 0 Å². The number of hydrogen-bond donors (Lipinski definition) is 1. The van der Waals surface area contributed by atoms with Gasteiger partial charge in [-0.2, -0.15) is 9.06 Å². The van der Waals surface area contributed by atoms with Gasteiger partial charge in [0.2, 0.25) is 5.91 Å². The van der Waals surface area contributed by atoms with E-state index in [4.69, 9.17) is 4.74 Å². The minimum Gasteiger partial charge on any atom is -0.497 e. The highest BCUT2D eigenvalue weighted by atomic mass is 32.1. The summed E-state index contributed by atoms with van der Waals surface area (Å²) in [4.78, 5) is 28.9. The molecule has 28 heavy (non-hydrogen) atoms. The molecule has 0 aliphatic heterocycles. The number of aromatic nitrogens is 2. The van der Waals surface area contributed by atoms with Crippen LogP contribution in [0.5, 0.6) is 5.75 Å². The van der Waals surface area contributed by atoms with E-state index in [1.165, 1.54) is 0 Å². The first-order valence-electron chi connectivity index (χ1n) is 8.79.